The topological polar surface area (TPSA) is 105 Å². The summed E-state index contributed by atoms with van der Waals surface area (Å²) < 4.78 is 69.4. The smallest absolute Gasteiger partial charge is 0.378 e. The predicted octanol–water partition coefficient (Wildman–Crippen LogP) is 3.80. The van der Waals surface area contributed by atoms with Gasteiger partial charge in [0.05, 0.1) is 25.2 Å². The molecule has 5 rings (SSSR count). The lowest BCUT2D eigenvalue weighted by atomic mass is 9.99. The largest absolute Gasteiger partial charge is 0.433 e. The summed E-state index contributed by atoms with van der Waals surface area (Å²) in [5.41, 5.74) is 2.93. The van der Waals surface area contributed by atoms with Crippen molar-refractivity contribution in [2.45, 2.75) is 13.1 Å². The van der Waals surface area contributed by atoms with E-state index in [4.69, 9.17) is 4.74 Å². The Hall–Kier alpha value is -3.99. The maximum atomic E-state index is 13.1. The molecule has 2 aromatic heterocycles. The van der Waals surface area contributed by atoms with Crippen LogP contribution in [0, 0.1) is 24.7 Å². The van der Waals surface area contributed by atoms with Gasteiger partial charge in [0.15, 0.2) is 0 Å². The van der Waals surface area contributed by atoms with Crippen LogP contribution in [-0.2, 0) is 20.9 Å². The second-order valence-electron chi connectivity index (χ2n) is 10.1. The van der Waals surface area contributed by atoms with Gasteiger partial charge in [-0.05, 0) is 54.3 Å². The van der Waals surface area contributed by atoms with Gasteiger partial charge in [0.1, 0.15) is 11.4 Å². The first-order valence-corrected chi connectivity index (χ1v) is 15.0. The number of hydrogen-bond acceptors (Lipinski definition) is 7. The molecule has 4 heterocycles. The minimum absolute atomic E-state index is 0.0751. The fourth-order valence-electron chi connectivity index (χ4n) is 4.65. The van der Waals surface area contributed by atoms with Crippen LogP contribution in [0.4, 0.5) is 24.5 Å². The molecule has 13 heteroatoms. The highest BCUT2D eigenvalue weighted by molar-refractivity contribution is 7.88. The Labute approximate surface area is 241 Å². The van der Waals surface area contributed by atoms with Gasteiger partial charge in [0.2, 0.25) is 10.0 Å². The third kappa shape index (κ3) is 6.73. The summed E-state index contributed by atoms with van der Waals surface area (Å²) in [5.74, 6) is 5.52. The quantitative estimate of drug-likeness (QED) is 0.445. The molecule has 0 unspecified atom stereocenters. The van der Waals surface area contributed by atoms with E-state index >= 15 is 0 Å². The van der Waals surface area contributed by atoms with Crippen molar-refractivity contribution in [1.29, 1.82) is 0 Å². The van der Waals surface area contributed by atoms with E-state index < -0.39 is 27.8 Å². The number of amides is 1. The van der Waals surface area contributed by atoms with E-state index in [0.717, 1.165) is 28.6 Å². The van der Waals surface area contributed by atoms with E-state index in [2.05, 4.69) is 32.0 Å². The van der Waals surface area contributed by atoms with Crippen molar-refractivity contribution >= 4 is 27.3 Å². The second-order valence-corrected chi connectivity index (χ2v) is 12.1. The van der Waals surface area contributed by atoms with Crippen molar-refractivity contribution in [2.24, 2.45) is 5.92 Å². The number of anilines is 2. The van der Waals surface area contributed by atoms with Crippen LogP contribution in [0.15, 0.2) is 48.8 Å². The number of aryl methyl sites for hydroxylation is 1. The summed E-state index contributed by atoms with van der Waals surface area (Å²) in [4.78, 5) is 22.9. The van der Waals surface area contributed by atoms with Gasteiger partial charge in [-0.15, -0.1) is 0 Å². The molecule has 0 radical (unpaired) electrons. The van der Waals surface area contributed by atoms with E-state index in [1.807, 2.05) is 19.1 Å². The Balaban J connectivity index is 1.42. The van der Waals surface area contributed by atoms with Crippen LogP contribution in [0.3, 0.4) is 0 Å². The first kappa shape index (κ1) is 29.5. The molecular weight excluding hydrogens is 571 g/mol. The molecule has 0 atom stereocenters. The molecular formula is C29H28F3N5O4S. The van der Waals surface area contributed by atoms with Crippen LogP contribution in [0.2, 0.25) is 0 Å². The molecule has 0 aliphatic carbocycles. The number of pyridine rings is 2. The van der Waals surface area contributed by atoms with Gasteiger partial charge >= 0.3 is 6.18 Å². The van der Waals surface area contributed by atoms with Crippen LogP contribution in [0.5, 0.6) is 0 Å². The van der Waals surface area contributed by atoms with Gasteiger partial charge < -0.3 is 15.0 Å². The molecule has 0 saturated carbocycles. The SMILES string of the molecule is Cc1ccc(NC(=O)c2ccnc(C(F)(F)F)c2)cc1-c1cnc(C#CC2CN(S(C)(=O)=O)C2)c(N2CCOCC2)c1. The summed E-state index contributed by atoms with van der Waals surface area (Å²) >= 11 is 0. The zero-order chi connectivity index (χ0) is 30.1. The second kappa shape index (κ2) is 11.7. The van der Waals surface area contributed by atoms with Crippen molar-refractivity contribution in [3.05, 3.63) is 71.3 Å². The number of nitrogens with one attached hydrogen (secondary N) is 1. The van der Waals surface area contributed by atoms with Gasteiger partial charge in [0.25, 0.3) is 5.91 Å². The number of carbonyl (C=O) groups excluding carboxylic acids is 1. The minimum Gasteiger partial charge on any atom is -0.378 e. The molecule has 220 valence electrons. The van der Waals surface area contributed by atoms with Crippen molar-refractivity contribution in [1.82, 2.24) is 14.3 Å². The molecule has 1 N–H and O–H groups in total. The molecule has 2 aliphatic heterocycles. The number of morpholine rings is 1. The monoisotopic (exact) mass is 599 g/mol. The standard InChI is InChI=1S/C29H28F3N5O4S/c1-19-3-5-23(35-28(38)21-7-8-33-27(14-21)29(30,31)32)15-24(19)22-13-26(36-9-11-41-12-10-36)25(34-16-22)6-4-20-17-37(18-20)42(2,39)40/h3,5,7-8,13-16,20H,9-12,17-18H2,1-2H3,(H,35,38). The zero-order valence-electron chi connectivity index (χ0n) is 22.9. The first-order valence-electron chi connectivity index (χ1n) is 13.1. The third-order valence-electron chi connectivity index (χ3n) is 7.05. The maximum Gasteiger partial charge on any atom is 0.433 e. The molecule has 1 amide bonds. The Morgan fingerprint density at radius 1 is 1.10 bits per heavy atom. The predicted molar refractivity (Wildman–Crippen MR) is 151 cm³/mol. The van der Waals surface area contributed by atoms with Gasteiger partial charge in [-0.3, -0.25) is 9.78 Å². The number of sulfonamides is 1. The van der Waals surface area contributed by atoms with Crippen molar-refractivity contribution in [3.63, 3.8) is 0 Å². The fourth-order valence-corrected chi connectivity index (χ4v) is 5.55. The van der Waals surface area contributed by atoms with Crippen LogP contribution in [0.1, 0.15) is 27.3 Å². The lowest BCUT2D eigenvalue weighted by molar-refractivity contribution is -0.141. The molecule has 2 aliphatic rings. The number of aromatic nitrogens is 2. The van der Waals surface area contributed by atoms with Crippen LogP contribution < -0.4 is 10.2 Å². The van der Waals surface area contributed by atoms with Crippen molar-refractivity contribution < 1.29 is 31.1 Å². The van der Waals surface area contributed by atoms with E-state index in [-0.39, 0.29) is 11.5 Å². The number of halogens is 3. The molecule has 9 nitrogen and oxygen atoms in total. The number of carbonyl (C=O) groups is 1. The molecule has 2 saturated heterocycles. The molecule has 2 fully saturated rings. The number of alkyl halides is 3. The van der Waals surface area contributed by atoms with E-state index in [9.17, 15) is 26.4 Å². The molecule has 3 aromatic rings. The summed E-state index contributed by atoms with van der Waals surface area (Å²) in [5, 5.41) is 2.67. The third-order valence-corrected chi connectivity index (χ3v) is 8.29. The minimum atomic E-state index is -4.66. The average molecular weight is 600 g/mol. The fraction of sp³-hybridized carbons (Fsp3) is 0.345. The van der Waals surface area contributed by atoms with Crippen LogP contribution >= 0.6 is 0 Å². The van der Waals surface area contributed by atoms with Gasteiger partial charge in [-0.1, -0.05) is 12.0 Å². The highest BCUT2D eigenvalue weighted by atomic mass is 32.2. The van der Waals surface area contributed by atoms with Gasteiger partial charge in [-0.25, -0.2) is 13.4 Å². The maximum absolute atomic E-state index is 13.1. The normalized spacial score (nSPS) is 16.4. The van der Waals surface area contributed by atoms with Crippen molar-refractivity contribution in [2.75, 3.05) is 55.9 Å². The van der Waals surface area contributed by atoms with Gasteiger partial charge in [-0.2, -0.15) is 17.5 Å². The number of benzene rings is 1. The van der Waals surface area contributed by atoms with E-state index in [1.54, 1.807) is 18.3 Å². The molecule has 0 spiro atoms. The first-order chi connectivity index (χ1) is 19.9. The van der Waals surface area contributed by atoms with Crippen molar-refractivity contribution in [3.8, 4) is 23.0 Å². The number of nitrogens with zero attached hydrogens (tertiary/aromatic N) is 4. The Morgan fingerprint density at radius 3 is 2.52 bits per heavy atom. The highest BCUT2D eigenvalue weighted by Crippen LogP contribution is 2.32. The average Bonchev–Trinajstić information content (AvgIpc) is 2.92. The zero-order valence-corrected chi connectivity index (χ0v) is 23.7. The van der Waals surface area contributed by atoms with Gasteiger partial charge in [0, 0.05) is 61.3 Å². The number of ether oxygens (including phenoxy) is 1. The lowest BCUT2D eigenvalue weighted by Gasteiger charge is -2.33. The molecule has 1 aromatic carbocycles. The molecule has 42 heavy (non-hydrogen) atoms. The Bertz CT molecular complexity index is 1670. The highest BCUT2D eigenvalue weighted by Gasteiger charge is 2.33. The van der Waals surface area contributed by atoms with Crippen LogP contribution in [-0.4, -0.2) is 74.2 Å². The number of rotatable bonds is 5. The summed E-state index contributed by atoms with van der Waals surface area (Å²) in [6.45, 7) is 5.00. The van der Waals surface area contributed by atoms with Crippen LogP contribution in [0.25, 0.3) is 11.1 Å². The summed E-state index contributed by atoms with van der Waals surface area (Å²) in [6.07, 6.45) is -0.847. The number of hydrogen-bond donors (Lipinski definition) is 1. The van der Waals surface area contributed by atoms with E-state index in [1.165, 1.54) is 16.6 Å². The Morgan fingerprint density at radius 2 is 1.83 bits per heavy atom. The lowest BCUT2D eigenvalue weighted by Crippen LogP contribution is -2.48. The summed E-state index contributed by atoms with van der Waals surface area (Å²) in [6, 6.07) is 9.14. The summed E-state index contributed by atoms with van der Waals surface area (Å²) in [7, 11) is -3.23. The van der Waals surface area contributed by atoms with E-state index in [0.29, 0.717) is 56.8 Å². The molecule has 0 bridgehead atoms. The Kier molecular flexibility index (Phi) is 8.23.